The highest BCUT2D eigenvalue weighted by Gasteiger charge is 2.34. The number of nitrogens with one attached hydrogen (secondary N) is 1. The van der Waals surface area contributed by atoms with Gasteiger partial charge in [-0.25, -0.2) is 12.8 Å². The van der Waals surface area contributed by atoms with Crippen LogP contribution in [0.4, 0.5) is 10.1 Å². The van der Waals surface area contributed by atoms with Gasteiger partial charge in [-0.05, 0) is 49.2 Å². The molecule has 1 N–H and O–H groups in total. The van der Waals surface area contributed by atoms with Crippen molar-refractivity contribution in [2.45, 2.75) is 17.7 Å². The summed E-state index contributed by atoms with van der Waals surface area (Å²) < 4.78 is 44.8. The number of hydrogen-bond acceptors (Lipinski definition) is 5. The van der Waals surface area contributed by atoms with Crippen LogP contribution in [0.2, 0.25) is 5.02 Å². The fourth-order valence-corrected chi connectivity index (χ4v) is 4.82. The van der Waals surface area contributed by atoms with Crippen LogP contribution in [0.15, 0.2) is 53.4 Å². The lowest BCUT2D eigenvalue weighted by atomic mass is 10.00. The molecule has 0 spiro atoms. The highest BCUT2D eigenvalue weighted by atomic mass is 35.5. The molecule has 10 heteroatoms. The number of hydrogen-bond donors (Lipinski definition) is 1. The Hall–Kier alpha value is -2.49. The molecule has 3 rings (SSSR count). The first-order valence-electron chi connectivity index (χ1n) is 9.24. The van der Waals surface area contributed by atoms with Crippen LogP contribution in [-0.4, -0.2) is 44.3 Å². The Morgan fingerprint density at radius 2 is 1.87 bits per heavy atom. The normalized spacial score (nSPS) is 17.3. The standard InChI is InChI=1S/C20H20ClFN2O5S/c21-17-5-1-2-6-18(17)23-19(25)13-29-20(26)14-4-3-11-24(12-14)30(27,28)16-9-7-15(22)8-10-16/h1-2,5-10,14H,3-4,11-13H2,(H,23,25). The second-order valence-corrected chi connectivity index (χ2v) is 9.14. The highest BCUT2D eigenvalue weighted by molar-refractivity contribution is 7.89. The van der Waals surface area contributed by atoms with E-state index in [1.807, 2.05) is 0 Å². The number of para-hydroxylation sites is 1. The van der Waals surface area contributed by atoms with Gasteiger partial charge in [-0.3, -0.25) is 9.59 Å². The molecule has 2 aromatic rings. The fraction of sp³-hybridized carbons (Fsp3) is 0.300. The first-order valence-corrected chi connectivity index (χ1v) is 11.1. The molecule has 1 atom stereocenters. The van der Waals surface area contributed by atoms with E-state index >= 15 is 0 Å². The molecule has 1 aliphatic rings. The van der Waals surface area contributed by atoms with Crippen molar-refractivity contribution in [1.82, 2.24) is 4.31 Å². The van der Waals surface area contributed by atoms with E-state index in [2.05, 4.69) is 5.32 Å². The molecular weight excluding hydrogens is 435 g/mol. The van der Waals surface area contributed by atoms with Gasteiger partial charge in [0.1, 0.15) is 5.82 Å². The van der Waals surface area contributed by atoms with Gasteiger partial charge in [0.2, 0.25) is 10.0 Å². The summed E-state index contributed by atoms with van der Waals surface area (Å²) in [5, 5.41) is 2.90. The molecule has 0 radical (unpaired) electrons. The fourth-order valence-electron chi connectivity index (χ4n) is 3.11. The molecule has 7 nitrogen and oxygen atoms in total. The predicted molar refractivity (Wildman–Crippen MR) is 109 cm³/mol. The number of sulfonamides is 1. The van der Waals surface area contributed by atoms with Gasteiger partial charge < -0.3 is 10.1 Å². The minimum absolute atomic E-state index is 0.0444. The molecule has 1 aliphatic heterocycles. The van der Waals surface area contributed by atoms with Gasteiger partial charge in [-0.2, -0.15) is 4.31 Å². The number of anilines is 1. The number of benzene rings is 2. The van der Waals surface area contributed by atoms with Crippen molar-refractivity contribution in [2.24, 2.45) is 5.92 Å². The summed E-state index contributed by atoms with van der Waals surface area (Å²) in [5.41, 5.74) is 0.398. The van der Waals surface area contributed by atoms with Gasteiger partial charge in [0.05, 0.1) is 21.5 Å². The van der Waals surface area contributed by atoms with Crippen molar-refractivity contribution in [1.29, 1.82) is 0 Å². The zero-order valence-corrected chi connectivity index (χ0v) is 17.5. The van der Waals surface area contributed by atoms with Gasteiger partial charge in [0.15, 0.2) is 6.61 Å². The number of piperidine rings is 1. The van der Waals surface area contributed by atoms with Gasteiger partial charge in [0, 0.05) is 13.1 Å². The Labute approximate surface area is 178 Å². The van der Waals surface area contributed by atoms with Crippen molar-refractivity contribution in [2.75, 3.05) is 25.0 Å². The molecule has 0 bridgehead atoms. The average Bonchev–Trinajstić information content (AvgIpc) is 2.74. The minimum Gasteiger partial charge on any atom is -0.455 e. The average molecular weight is 455 g/mol. The molecule has 1 fully saturated rings. The van der Waals surface area contributed by atoms with Crippen molar-refractivity contribution in [3.63, 3.8) is 0 Å². The molecular formula is C20H20ClFN2O5S. The largest absolute Gasteiger partial charge is 0.455 e. The summed E-state index contributed by atoms with van der Waals surface area (Å²) >= 11 is 5.97. The van der Waals surface area contributed by atoms with Crippen LogP contribution in [0.25, 0.3) is 0 Å². The molecule has 0 saturated carbocycles. The third kappa shape index (κ3) is 5.35. The smallest absolute Gasteiger partial charge is 0.310 e. The predicted octanol–water partition coefficient (Wildman–Crippen LogP) is 3.06. The van der Waals surface area contributed by atoms with Gasteiger partial charge in [0.25, 0.3) is 5.91 Å². The molecule has 1 heterocycles. The monoisotopic (exact) mass is 454 g/mol. The Kier molecular flexibility index (Phi) is 7.06. The second-order valence-electron chi connectivity index (χ2n) is 6.79. The number of halogens is 2. The number of esters is 1. The van der Waals surface area contributed by atoms with Crippen LogP contribution in [-0.2, 0) is 24.3 Å². The Balaban J connectivity index is 1.57. The molecule has 2 aromatic carbocycles. The van der Waals surface area contributed by atoms with E-state index in [-0.39, 0.29) is 18.0 Å². The van der Waals surface area contributed by atoms with E-state index in [1.165, 1.54) is 16.4 Å². The Morgan fingerprint density at radius 1 is 1.17 bits per heavy atom. The van der Waals surface area contributed by atoms with Gasteiger partial charge >= 0.3 is 5.97 Å². The zero-order valence-electron chi connectivity index (χ0n) is 15.9. The van der Waals surface area contributed by atoms with Crippen molar-refractivity contribution in [3.05, 3.63) is 59.4 Å². The molecule has 1 saturated heterocycles. The summed E-state index contributed by atoms with van der Waals surface area (Å²) in [5.74, 6) is -2.43. The molecule has 0 aromatic heterocycles. The molecule has 30 heavy (non-hydrogen) atoms. The molecule has 160 valence electrons. The summed E-state index contributed by atoms with van der Waals surface area (Å²) in [6.45, 7) is -0.327. The number of carbonyl (C=O) groups excluding carboxylic acids is 2. The maximum atomic E-state index is 13.1. The summed E-state index contributed by atoms with van der Waals surface area (Å²) in [7, 11) is -3.86. The summed E-state index contributed by atoms with van der Waals surface area (Å²) in [6.07, 6.45) is 0.909. The number of rotatable bonds is 6. The first-order chi connectivity index (χ1) is 14.3. The van der Waals surface area contributed by atoms with E-state index in [0.29, 0.717) is 23.6 Å². The lowest BCUT2D eigenvalue weighted by Gasteiger charge is -2.30. The minimum atomic E-state index is -3.86. The number of amides is 1. The van der Waals surface area contributed by atoms with E-state index in [9.17, 15) is 22.4 Å². The topological polar surface area (TPSA) is 92.8 Å². The highest BCUT2D eigenvalue weighted by Crippen LogP contribution is 2.25. The van der Waals surface area contributed by atoms with Gasteiger partial charge in [-0.15, -0.1) is 0 Å². The van der Waals surface area contributed by atoms with Crippen LogP contribution >= 0.6 is 11.6 Å². The quantitative estimate of drug-likeness (QED) is 0.677. The van der Waals surface area contributed by atoms with Crippen LogP contribution in [0.1, 0.15) is 12.8 Å². The molecule has 0 aliphatic carbocycles. The number of carbonyl (C=O) groups is 2. The third-order valence-electron chi connectivity index (χ3n) is 4.66. The number of ether oxygens (including phenoxy) is 1. The van der Waals surface area contributed by atoms with E-state index in [0.717, 1.165) is 12.1 Å². The van der Waals surface area contributed by atoms with Crippen molar-refractivity contribution < 1.29 is 27.1 Å². The third-order valence-corrected chi connectivity index (χ3v) is 6.87. The first kappa shape index (κ1) is 22.2. The van der Waals surface area contributed by atoms with Crippen LogP contribution in [0.3, 0.4) is 0 Å². The van der Waals surface area contributed by atoms with Crippen LogP contribution in [0.5, 0.6) is 0 Å². The SMILES string of the molecule is O=C(COC(=O)C1CCCN(S(=O)(=O)c2ccc(F)cc2)C1)Nc1ccccc1Cl. The zero-order chi connectivity index (χ0) is 21.7. The van der Waals surface area contributed by atoms with Crippen LogP contribution < -0.4 is 5.32 Å². The number of nitrogens with zero attached hydrogens (tertiary/aromatic N) is 1. The van der Waals surface area contributed by atoms with Crippen molar-refractivity contribution >= 4 is 39.2 Å². The second kappa shape index (κ2) is 9.55. The summed E-state index contributed by atoms with van der Waals surface area (Å²) in [6, 6.07) is 11.2. The lowest BCUT2D eigenvalue weighted by Crippen LogP contribution is -2.43. The van der Waals surface area contributed by atoms with Gasteiger partial charge in [-0.1, -0.05) is 23.7 Å². The molecule has 1 amide bonds. The van der Waals surface area contributed by atoms with E-state index in [1.54, 1.807) is 24.3 Å². The Bertz CT molecular complexity index is 1030. The lowest BCUT2D eigenvalue weighted by molar-refractivity contribution is -0.152. The Morgan fingerprint density at radius 3 is 2.57 bits per heavy atom. The summed E-state index contributed by atoms with van der Waals surface area (Å²) in [4.78, 5) is 24.3. The van der Waals surface area contributed by atoms with E-state index in [4.69, 9.17) is 16.3 Å². The van der Waals surface area contributed by atoms with Crippen molar-refractivity contribution in [3.8, 4) is 0 Å². The maximum Gasteiger partial charge on any atom is 0.310 e. The van der Waals surface area contributed by atoms with Crippen LogP contribution in [0, 0.1) is 11.7 Å². The maximum absolute atomic E-state index is 13.1. The van der Waals surface area contributed by atoms with E-state index < -0.39 is 40.2 Å². The molecule has 1 unspecified atom stereocenters.